The van der Waals surface area contributed by atoms with Crippen molar-refractivity contribution in [2.24, 2.45) is 0 Å². The summed E-state index contributed by atoms with van der Waals surface area (Å²) in [5.74, 6) is -1.06. The summed E-state index contributed by atoms with van der Waals surface area (Å²) in [6, 6.07) is 5.85. The molecule has 0 bridgehead atoms. The molecule has 0 saturated carbocycles. The van der Waals surface area contributed by atoms with Crippen molar-refractivity contribution in [2.45, 2.75) is 26.7 Å². The van der Waals surface area contributed by atoms with Gasteiger partial charge in [0.25, 0.3) is 0 Å². The minimum absolute atomic E-state index is 0.0711. The fraction of sp³-hybridized carbons (Fsp3) is 0.250. The van der Waals surface area contributed by atoms with Gasteiger partial charge in [-0.1, -0.05) is 19.1 Å². The van der Waals surface area contributed by atoms with Crippen molar-refractivity contribution in [3.05, 3.63) is 29.8 Å². The van der Waals surface area contributed by atoms with Gasteiger partial charge in [-0.25, -0.2) is 0 Å². The molecule has 0 saturated heterocycles. The van der Waals surface area contributed by atoms with Crippen LogP contribution in [0, 0.1) is 0 Å². The van der Waals surface area contributed by atoms with Crippen LogP contribution in [0.3, 0.4) is 0 Å². The fourth-order valence-corrected chi connectivity index (χ4v) is 2.23. The van der Waals surface area contributed by atoms with Crippen molar-refractivity contribution >= 4 is 22.5 Å². The number of aromatic hydroxyl groups is 2. The number of benzene rings is 2. The normalized spacial score (nSPS) is 10.6. The molecule has 0 fully saturated rings. The highest BCUT2D eigenvalue weighted by Crippen LogP contribution is 2.41. The molecule has 0 aliphatic carbocycles. The summed E-state index contributed by atoms with van der Waals surface area (Å²) in [4.78, 5) is 23.1. The molecule has 0 aliphatic rings. The molecular weight excluding hydrogens is 272 g/mol. The lowest BCUT2D eigenvalue weighted by Crippen LogP contribution is -2.03. The Bertz CT molecular complexity index is 718. The summed E-state index contributed by atoms with van der Waals surface area (Å²) in [7, 11) is 0. The van der Waals surface area contributed by atoms with Gasteiger partial charge in [0.1, 0.15) is 17.2 Å². The fourth-order valence-electron chi connectivity index (χ4n) is 2.23. The summed E-state index contributed by atoms with van der Waals surface area (Å²) in [5.41, 5.74) is 0.0711. The van der Waals surface area contributed by atoms with Gasteiger partial charge in [-0.2, -0.15) is 0 Å². The zero-order valence-electron chi connectivity index (χ0n) is 11.8. The number of phenols is 2. The molecule has 0 unspecified atom stereocenters. The lowest BCUT2D eigenvalue weighted by molar-refractivity contribution is -0.131. The van der Waals surface area contributed by atoms with E-state index in [4.69, 9.17) is 4.74 Å². The van der Waals surface area contributed by atoms with E-state index in [1.165, 1.54) is 19.1 Å². The number of esters is 1. The van der Waals surface area contributed by atoms with E-state index in [1.54, 1.807) is 12.1 Å². The predicted octanol–water partition coefficient (Wildman–Crippen LogP) is 3.16. The molecule has 2 aromatic rings. The van der Waals surface area contributed by atoms with Crippen LogP contribution in [0.15, 0.2) is 24.3 Å². The Morgan fingerprint density at radius 2 is 1.95 bits per heavy atom. The summed E-state index contributed by atoms with van der Waals surface area (Å²) < 4.78 is 5.02. The summed E-state index contributed by atoms with van der Waals surface area (Å²) >= 11 is 0. The molecule has 2 aromatic carbocycles. The summed E-state index contributed by atoms with van der Waals surface area (Å²) in [6.07, 6.45) is 0.923. The molecule has 5 heteroatoms. The van der Waals surface area contributed by atoms with Gasteiger partial charge in [-0.15, -0.1) is 0 Å². The highest BCUT2D eigenvalue weighted by Gasteiger charge is 2.19. The van der Waals surface area contributed by atoms with E-state index in [9.17, 15) is 19.8 Å². The quantitative estimate of drug-likeness (QED) is 0.391. The Labute approximate surface area is 121 Å². The molecule has 0 aliphatic heterocycles. The largest absolute Gasteiger partial charge is 0.507 e. The number of hydrogen-bond donors (Lipinski definition) is 2. The summed E-state index contributed by atoms with van der Waals surface area (Å²) in [5, 5.41) is 20.9. The standard InChI is InChI=1S/C16H16O5/c1-3-5-12(18)11-8-13(19)15-10(16(11)20)6-4-7-14(15)21-9(2)17/h4,6-8,19-20H,3,5H2,1-2H3. The number of carbonyl (C=O) groups is 2. The van der Waals surface area contributed by atoms with Gasteiger partial charge in [0, 0.05) is 18.7 Å². The van der Waals surface area contributed by atoms with Gasteiger partial charge in [0.05, 0.1) is 10.9 Å². The molecular formula is C16H16O5. The van der Waals surface area contributed by atoms with E-state index < -0.39 is 5.97 Å². The van der Waals surface area contributed by atoms with Crippen molar-refractivity contribution in [1.29, 1.82) is 0 Å². The average Bonchev–Trinajstić information content (AvgIpc) is 2.42. The van der Waals surface area contributed by atoms with Crippen LogP contribution in [0.5, 0.6) is 17.2 Å². The van der Waals surface area contributed by atoms with Crippen molar-refractivity contribution in [3.63, 3.8) is 0 Å². The third-order valence-corrected chi connectivity index (χ3v) is 3.10. The van der Waals surface area contributed by atoms with Crippen LogP contribution in [-0.2, 0) is 4.79 Å². The second kappa shape index (κ2) is 5.83. The third-order valence-electron chi connectivity index (χ3n) is 3.10. The van der Waals surface area contributed by atoms with Crippen molar-refractivity contribution in [3.8, 4) is 17.2 Å². The minimum Gasteiger partial charge on any atom is -0.507 e. The topological polar surface area (TPSA) is 83.8 Å². The second-order valence-electron chi connectivity index (χ2n) is 4.74. The lowest BCUT2D eigenvalue weighted by Gasteiger charge is -2.12. The average molecular weight is 288 g/mol. The molecule has 0 heterocycles. The molecule has 0 aromatic heterocycles. The molecule has 0 atom stereocenters. The van der Waals surface area contributed by atoms with Crippen molar-refractivity contribution < 1.29 is 24.5 Å². The van der Waals surface area contributed by atoms with Crippen LogP contribution in [0.2, 0.25) is 0 Å². The number of Topliss-reactive ketones (excluding diaryl/α,β-unsaturated/α-hetero) is 1. The predicted molar refractivity (Wildman–Crippen MR) is 77.8 cm³/mol. The van der Waals surface area contributed by atoms with E-state index in [0.717, 1.165) is 0 Å². The zero-order chi connectivity index (χ0) is 15.6. The third kappa shape index (κ3) is 2.81. The number of carbonyl (C=O) groups excluding carboxylic acids is 2. The first-order chi connectivity index (χ1) is 9.95. The van der Waals surface area contributed by atoms with Gasteiger partial charge in [0.15, 0.2) is 5.78 Å². The number of phenolic OH excluding ortho intramolecular Hbond substituents is 2. The Balaban J connectivity index is 2.69. The van der Waals surface area contributed by atoms with E-state index in [-0.39, 0.29) is 45.8 Å². The maximum absolute atomic E-state index is 12.0. The van der Waals surface area contributed by atoms with Crippen LogP contribution >= 0.6 is 0 Å². The number of ketones is 1. The van der Waals surface area contributed by atoms with Gasteiger partial charge in [-0.05, 0) is 18.6 Å². The van der Waals surface area contributed by atoms with Crippen molar-refractivity contribution in [2.75, 3.05) is 0 Å². The first-order valence-electron chi connectivity index (χ1n) is 6.65. The van der Waals surface area contributed by atoms with Gasteiger partial charge >= 0.3 is 5.97 Å². The molecule has 0 spiro atoms. The Kier molecular flexibility index (Phi) is 4.12. The highest BCUT2D eigenvalue weighted by molar-refractivity contribution is 6.08. The van der Waals surface area contributed by atoms with Gasteiger partial charge in [0.2, 0.25) is 0 Å². The zero-order valence-corrected chi connectivity index (χ0v) is 11.8. The molecule has 0 radical (unpaired) electrons. The van der Waals surface area contributed by atoms with E-state index in [1.807, 2.05) is 6.92 Å². The summed E-state index contributed by atoms with van der Waals surface area (Å²) in [6.45, 7) is 3.10. The van der Waals surface area contributed by atoms with Gasteiger partial charge < -0.3 is 14.9 Å². The molecule has 21 heavy (non-hydrogen) atoms. The van der Waals surface area contributed by atoms with Crippen LogP contribution in [0.4, 0.5) is 0 Å². The minimum atomic E-state index is -0.535. The monoisotopic (exact) mass is 288 g/mol. The van der Waals surface area contributed by atoms with E-state index in [0.29, 0.717) is 6.42 Å². The smallest absolute Gasteiger partial charge is 0.308 e. The van der Waals surface area contributed by atoms with Crippen LogP contribution in [-0.4, -0.2) is 22.0 Å². The molecule has 110 valence electrons. The molecule has 2 N–H and O–H groups in total. The maximum Gasteiger partial charge on any atom is 0.308 e. The first kappa shape index (κ1) is 14.8. The SMILES string of the molecule is CCCC(=O)c1cc(O)c2c(OC(C)=O)cccc2c1O. The van der Waals surface area contributed by atoms with Crippen LogP contribution in [0.25, 0.3) is 10.8 Å². The lowest BCUT2D eigenvalue weighted by atomic mass is 9.99. The maximum atomic E-state index is 12.0. The second-order valence-corrected chi connectivity index (χ2v) is 4.74. The van der Waals surface area contributed by atoms with Crippen LogP contribution in [0.1, 0.15) is 37.0 Å². The number of rotatable bonds is 4. The molecule has 5 nitrogen and oxygen atoms in total. The van der Waals surface area contributed by atoms with E-state index >= 15 is 0 Å². The van der Waals surface area contributed by atoms with Crippen molar-refractivity contribution in [1.82, 2.24) is 0 Å². The first-order valence-corrected chi connectivity index (χ1v) is 6.65. The van der Waals surface area contributed by atoms with Crippen LogP contribution < -0.4 is 4.74 Å². The number of fused-ring (bicyclic) bond motifs is 1. The molecule has 2 rings (SSSR count). The van der Waals surface area contributed by atoms with E-state index in [2.05, 4.69) is 0 Å². The Morgan fingerprint density at radius 1 is 1.24 bits per heavy atom. The highest BCUT2D eigenvalue weighted by atomic mass is 16.5. The number of ether oxygens (including phenoxy) is 1. The molecule has 0 amide bonds. The Hall–Kier alpha value is -2.56. The Morgan fingerprint density at radius 3 is 2.57 bits per heavy atom. The van der Waals surface area contributed by atoms with Gasteiger partial charge in [-0.3, -0.25) is 9.59 Å². The number of hydrogen-bond acceptors (Lipinski definition) is 5.